The topological polar surface area (TPSA) is 9.23 Å². The normalized spacial score (nSPS) is 34.4. The smallest absolute Gasteiger partial charge is 0.320 e. The van der Waals surface area contributed by atoms with Crippen molar-refractivity contribution in [1.82, 2.24) is 0 Å². The predicted octanol–water partition coefficient (Wildman–Crippen LogP) is 5.39. The molecule has 138 valence electrons. The van der Waals surface area contributed by atoms with Crippen LogP contribution in [0.1, 0.15) is 40.5 Å². The van der Waals surface area contributed by atoms with E-state index in [0.29, 0.717) is 6.92 Å². The zero-order valence-electron chi connectivity index (χ0n) is 13.2. The van der Waals surface area contributed by atoms with Gasteiger partial charge in [0.15, 0.2) is 0 Å². The Balaban J connectivity index is 3.61. The molecule has 0 aromatic rings. The van der Waals surface area contributed by atoms with Crippen LogP contribution in [0.2, 0.25) is 0 Å². The Morgan fingerprint density at radius 1 is 0.870 bits per heavy atom. The van der Waals surface area contributed by atoms with E-state index in [1.807, 2.05) is 0 Å². The standard InChI is InChI=1S/C14H20F8O/c1-5-8(3)11(17,18)13(21)10(15,16)7-23-14(13,22)12(19,20)9(4)6-2/h8-9H,5-7H2,1-4H3. The lowest BCUT2D eigenvalue weighted by Gasteiger charge is -2.45. The van der Waals surface area contributed by atoms with Crippen LogP contribution in [0.4, 0.5) is 35.1 Å². The molecule has 0 bridgehead atoms. The summed E-state index contributed by atoms with van der Waals surface area (Å²) in [6.07, 6.45) is -0.960. The number of alkyl halides is 8. The quantitative estimate of drug-likeness (QED) is 0.580. The van der Waals surface area contributed by atoms with Crippen molar-refractivity contribution in [3.05, 3.63) is 0 Å². The van der Waals surface area contributed by atoms with E-state index in [1.54, 1.807) is 0 Å². The zero-order chi connectivity index (χ0) is 18.5. The molecule has 4 unspecified atom stereocenters. The molecule has 0 saturated carbocycles. The van der Waals surface area contributed by atoms with Gasteiger partial charge in [-0.25, -0.2) is 17.6 Å². The van der Waals surface area contributed by atoms with Gasteiger partial charge in [0.1, 0.15) is 6.61 Å². The highest BCUT2D eigenvalue weighted by Crippen LogP contribution is 2.65. The third-order valence-corrected chi connectivity index (χ3v) is 4.75. The molecule has 1 saturated heterocycles. The van der Waals surface area contributed by atoms with E-state index in [1.165, 1.54) is 6.92 Å². The first-order valence-electron chi connectivity index (χ1n) is 7.32. The molecule has 0 spiro atoms. The van der Waals surface area contributed by atoms with Crippen molar-refractivity contribution in [3.63, 3.8) is 0 Å². The van der Waals surface area contributed by atoms with Crippen LogP contribution < -0.4 is 0 Å². The maximum absolute atomic E-state index is 14.9. The number of rotatable bonds is 6. The second-order valence-electron chi connectivity index (χ2n) is 6.11. The van der Waals surface area contributed by atoms with Crippen molar-refractivity contribution < 1.29 is 39.9 Å². The highest BCUT2D eigenvalue weighted by Gasteiger charge is 2.91. The van der Waals surface area contributed by atoms with Gasteiger partial charge in [-0.3, -0.25) is 0 Å². The van der Waals surface area contributed by atoms with Crippen molar-refractivity contribution in [2.45, 2.75) is 69.8 Å². The van der Waals surface area contributed by atoms with Gasteiger partial charge in [-0.1, -0.05) is 27.7 Å². The Kier molecular flexibility index (Phi) is 5.10. The van der Waals surface area contributed by atoms with Crippen molar-refractivity contribution >= 4 is 0 Å². The molecule has 0 radical (unpaired) electrons. The molecule has 0 N–H and O–H groups in total. The maximum Gasteiger partial charge on any atom is 0.320 e. The van der Waals surface area contributed by atoms with Crippen LogP contribution in [0.3, 0.4) is 0 Å². The minimum Gasteiger partial charge on any atom is -0.332 e. The van der Waals surface area contributed by atoms with E-state index in [9.17, 15) is 35.1 Å². The zero-order valence-corrected chi connectivity index (χ0v) is 13.2. The highest BCUT2D eigenvalue weighted by atomic mass is 19.3. The molecule has 1 rings (SSSR count). The Bertz CT molecular complexity index is 440. The SMILES string of the molecule is CCC(C)C(F)(F)C1(F)OCC(F)(F)C1(F)C(F)(F)C(C)CC. The Hall–Kier alpha value is -0.600. The molecule has 9 heteroatoms. The molecule has 0 aromatic heterocycles. The molecule has 4 atom stereocenters. The number of ether oxygens (including phenoxy) is 1. The first-order valence-corrected chi connectivity index (χ1v) is 7.32. The minimum atomic E-state index is -5.48. The summed E-state index contributed by atoms with van der Waals surface area (Å²) in [7, 11) is 0. The molecule has 1 aliphatic heterocycles. The molecule has 1 fully saturated rings. The Morgan fingerprint density at radius 2 is 1.26 bits per heavy atom. The van der Waals surface area contributed by atoms with Gasteiger partial charge in [0, 0.05) is 11.8 Å². The fourth-order valence-electron chi connectivity index (χ4n) is 2.58. The van der Waals surface area contributed by atoms with Crippen LogP contribution >= 0.6 is 0 Å². The fourth-order valence-corrected chi connectivity index (χ4v) is 2.58. The summed E-state index contributed by atoms with van der Waals surface area (Å²) in [5.41, 5.74) is -5.48. The van der Waals surface area contributed by atoms with Gasteiger partial charge in [0.25, 0.3) is 5.92 Å². The molecule has 0 aromatic carbocycles. The van der Waals surface area contributed by atoms with Crippen LogP contribution in [0.15, 0.2) is 0 Å². The first-order chi connectivity index (χ1) is 10.2. The van der Waals surface area contributed by atoms with Crippen molar-refractivity contribution in [1.29, 1.82) is 0 Å². The lowest BCUT2D eigenvalue weighted by Crippen LogP contribution is -2.72. The van der Waals surface area contributed by atoms with Crippen LogP contribution in [0.5, 0.6) is 0 Å². The Morgan fingerprint density at radius 3 is 1.65 bits per heavy atom. The van der Waals surface area contributed by atoms with Crippen molar-refractivity contribution in [2.75, 3.05) is 6.61 Å². The fraction of sp³-hybridized carbons (Fsp3) is 1.00. The Labute approximate surface area is 129 Å². The molecule has 1 heterocycles. The number of hydrogen-bond donors (Lipinski definition) is 0. The second-order valence-corrected chi connectivity index (χ2v) is 6.11. The highest BCUT2D eigenvalue weighted by molar-refractivity contribution is 5.21. The molecule has 0 amide bonds. The van der Waals surface area contributed by atoms with Gasteiger partial charge >= 0.3 is 23.4 Å². The largest absolute Gasteiger partial charge is 0.332 e. The van der Waals surface area contributed by atoms with Crippen LogP contribution in [-0.2, 0) is 4.74 Å². The summed E-state index contributed by atoms with van der Waals surface area (Å²) in [6.45, 7) is 1.56. The number of halogens is 8. The third kappa shape index (κ3) is 2.36. The average molecular weight is 356 g/mol. The maximum atomic E-state index is 14.9. The van der Waals surface area contributed by atoms with E-state index < -0.39 is 60.6 Å². The second kappa shape index (κ2) is 5.74. The van der Waals surface area contributed by atoms with Gasteiger partial charge in [0.2, 0.25) is 0 Å². The summed E-state index contributed by atoms with van der Waals surface area (Å²) in [5, 5.41) is 0. The van der Waals surface area contributed by atoms with E-state index in [2.05, 4.69) is 4.74 Å². The van der Waals surface area contributed by atoms with E-state index in [-0.39, 0.29) is 0 Å². The van der Waals surface area contributed by atoms with Gasteiger partial charge in [-0.15, -0.1) is 0 Å². The van der Waals surface area contributed by atoms with Gasteiger partial charge in [-0.2, -0.15) is 17.6 Å². The summed E-state index contributed by atoms with van der Waals surface area (Å²) in [5.74, 6) is -24.2. The lowest BCUT2D eigenvalue weighted by molar-refractivity contribution is -0.371. The van der Waals surface area contributed by atoms with Crippen molar-refractivity contribution in [3.8, 4) is 0 Å². The van der Waals surface area contributed by atoms with E-state index in [0.717, 1.165) is 13.8 Å². The lowest BCUT2D eigenvalue weighted by atomic mass is 9.74. The molecular weight excluding hydrogens is 336 g/mol. The van der Waals surface area contributed by atoms with Gasteiger partial charge in [0.05, 0.1) is 0 Å². The predicted molar refractivity (Wildman–Crippen MR) is 67.4 cm³/mol. The van der Waals surface area contributed by atoms with E-state index >= 15 is 0 Å². The molecule has 1 aliphatic rings. The van der Waals surface area contributed by atoms with E-state index in [4.69, 9.17) is 0 Å². The van der Waals surface area contributed by atoms with Crippen molar-refractivity contribution in [2.24, 2.45) is 11.8 Å². The van der Waals surface area contributed by atoms with Gasteiger partial charge in [-0.05, 0) is 12.8 Å². The third-order valence-electron chi connectivity index (χ3n) is 4.75. The molecule has 0 aliphatic carbocycles. The van der Waals surface area contributed by atoms with Crippen LogP contribution in [0.25, 0.3) is 0 Å². The summed E-state index contributed by atoms with van der Waals surface area (Å²) in [4.78, 5) is 0. The molecule has 1 nitrogen and oxygen atoms in total. The average Bonchev–Trinajstić information content (AvgIpc) is 2.68. The summed E-state index contributed by atoms with van der Waals surface area (Å²) < 4.78 is 118. The minimum absolute atomic E-state index is 0.446. The monoisotopic (exact) mass is 356 g/mol. The molecule has 23 heavy (non-hydrogen) atoms. The van der Waals surface area contributed by atoms with Crippen LogP contribution in [-0.4, -0.2) is 35.9 Å². The summed E-state index contributed by atoms with van der Waals surface area (Å²) >= 11 is 0. The number of hydrogen-bond acceptors (Lipinski definition) is 1. The first kappa shape index (κ1) is 20.4. The van der Waals surface area contributed by atoms with Crippen LogP contribution in [0, 0.1) is 11.8 Å². The summed E-state index contributed by atoms with van der Waals surface area (Å²) in [6, 6.07) is 0. The molecular formula is C14H20F8O. The van der Waals surface area contributed by atoms with Gasteiger partial charge < -0.3 is 4.74 Å².